The lowest BCUT2D eigenvalue weighted by molar-refractivity contribution is -0.305. The number of hydrogen-bond donors (Lipinski definition) is 4. The van der Waals surface area contributed by atoms with E-state index in [0.717, 1.165) is 64.2 Å². The number of allylic oxidation sites excluding steroid dienone is 6. The second kappa shape index (κ2) is 40.8. The Morgan fingerprint density at radius 3 is 1.57 bits per heavy atom. The smallest absolute Gasteiger partial charge is 0.306 e. The standard InChI is InChI=1S/C49H90O9/c1-3-5-7-9-11-13-15-17-18-19-20-21-22-23-24-25-27-29-31-33-35-37-39-55-41-43(42-56-49-48(54)47(53)46(52)44(40-50)58-49)57-45(51)38-36-34-32-30-28-26-16-14-12-10-8-6-4-2/h8,10,14,16,19-20,43-44,46-50,52-54H,3-7,9,11-13,15,17-18,21-42H2,1-2H3/b10-8-,16-14-,20-19-. The molecule has 0 amide bonds. The molecule has 0 saturated carbocycles. The number of carbonyl (C=O) groups is 1. The van der Waals surface area contributed by atoms with Crippen molar-refractivity contribution >= 4 is 5.97 Å². The second-order valence-electron chi connectivity index (χ2n) is 16.6. The van der Waals surface area contributed by atoms with Gasteiger partial charge in [-0.25, -0.2) is 0 Å². The number of rotatable bonds is 41. The molecule has 0 bridgehead atoms. The average molecular weight is 823 g/mol. The van der Waals surface area contributed by atoms with E-state index in [1.165, 1.54) is 122 Å². The molecule has 0 radical (unpaired) electrons. The van der Waals surface area contributed by atoms with Crippen LogP contribution in [0.4, 0.5) is 0 Å². The number of esters is 1. The Kier molecular flexibility index (Phi) is 38.3. The van der Waals surface area contributed by atoms with Crippen molar-refractivity contribution in [2.45, 2.75) is 243 Å². The molecule has 0 aromatic carbocycles. The monoisotopic (exact) mass is 823 g/mol. The first-order valence-corrected chi connectivity index (χ1v) is 24.1. The first-order valence-electron chi connectivity index (χ1n) is 24.1. The molecule has 6 unspecified atom stereocenters. The summed E-state index contributed by atoms with van der Waals surface area (Å²) in [6.07, 6.45) is 41.8. The summed E-state index contributed by atoms with van der Waals surface area (Å²) in [4.78, 5) is 12.8. The summed E-state index contributed by atoms with van der Waals surface area (Å²) in [6.45, 7) is 4.49. The van der Waals surface area contributed by atoms with Crippen molar-refractivity contribution in [3.8, 4) is 0 Å². The molecule has 9 heteroatoms. The fourth-order valence-corrected chi connectivity index (χ4v) is 7.23. The van der Waals surface area contributed by atoms with Crippen LogP contribution in [0.3, 0.4) is 0 Å². The van der Waals surface area contributed by atoms with Gasteiger partial charge in [0.15, 0.2) is 6.29 Å². The normalized spacial score (nSPS) is 20.6. The van der Waals surface area contributed by atoms with Crippen LogP contribution in [0, 0.1) is 0 Å². The molecular formula is C49H90O9. The van der Waals surface area contributed by atoms with Crippen molar-refractivity contribution in [1.82, 2.24) is 0 Å². The third-order valence-electron chi connectivity index (χ3n) is 11.0. The Labute approximate surface area is 355 Å². The highest BCUT2D eigenvalue weighted by molar-refractivity contribution is 5.69. The quantitative estimate of drug-likeness (QED) is 0.0270. The van der Waals surface area contributed by atoms with Gasteiger partial charge in [0.2, 0.25) is 0 Å². The molecule has 1 saturated heterocycles. The second-order valence-corrected chi connectivity index (χ2v) is 16.6. The zero-order valence-electron chi connectivity index (χ0n) is 37.3. The van der Waals surface area contributed by atoms with Gasteiger partial charge in [-0.2, -0.15) is 0 Å². The van der Waals surface area contributed by atoms with Crippen LogP contribution in [-0.2, 0) is 23.7 Å². The minimum Gasteiger partial charge on any atom is -0.457 e. The maximum absolute atomic E-state index is 12.8. The minimum absolute atomic E-state index is 0.119. The molecule has 0 aromatic rings. The molecule has 0 spiro atoms. The number of aliphatic hydroxyl groups excluding tert-OH is 4. The predicted octanol–water partition coefficient (Wildman–Crippen LogP) is 11.1. The molecule has 58 heavy (non-hydrogen) atoms. The lowest BCUT2D eigenvalue weighted by Gasteiger charge is -2.39. The molecule has 0 aliphatic carbocycles. The van der Waals surface area contributed by atoms with Crippen LogP contribution in [0.15, 0.2) is 36.5 Å². The lowest BCUT2D eigenvalue weighted by atomic mass is 9.99. The number of carbonyl (C=O) groups excluding carboxylic acids is 1. The Balaban J connectivity index is 2.20. The van der Waals surface area contributed by atoms with E-state index in [2.05, 4.69) is 50.3 Å². The van der Waals surface area contributed by atoms with Gasteiger partial charge in [0.1, 0.15) is 30.5 Å². The molecule has 1 rings (SSSR count). The zero-order chi connectivity index (χ0) is 42.2. The van der Waals surface area contributed by atoms with E-state index in [9.17, 15) is 25.2 Å². The first kappa shape index (κ1) is 54.4. The maximum Gasteiger partial charge on any atom is 0.306 e. The van der Waals surface area contributed by atoms with Crippen LogP contribution in [0.2, 0.25) is 0 Å². The summed E-state index contributed by atoms with van der Waals surface area (Å²) in [5, 5.41) is 40.1. The van der Waals surface area contributed by atoms with Gasteiger partial charge >= 0.3 is 5.97 Å². The zero-order valence-corrected chi connectivity index (χ0v) is 37.3. The van der Waals surface area contributed by atoms with Crippen molar-refractivity contribution in [2.24, 2.45) is 0 Å². The molecule has 4 N–H and O–H groups in total. The summed E-state index contributed by atoms with van der Waals surface area (Å²) >= 11 is 0. The van der Waals surface area contributed by atoms with Crippen LogP contribution in [-0.4, -0.2) is 89.6 Å². The van der Waals surface area contributed by atoms with Gasteiger partial charge in [-0.3, -0.25) is 4.79 Å². The van der Waals surface area contributed by atoms with Gasteiger partial charge in [0, 0.05) is 13.0 Å². The summed E-state index contributed by atoms with van der Waals surface area (Å²) in [6, 6.07) is 0. The molecule has 1 fully saturated rings. The summed E-state index contributed by atoms with van der Waals surface area (Å²) in [5.74, 6) is -0.328. The third-order valence-corrected chi connectivity index (χ3v) is 11.0. The molecule has 0 aromatic heterocycles. The Morgan fingerprint density at radius 1 is 0.552 bits per heavy atom. The Hall–Kier alpha value is -1.59. The van der Waals surface area contributed by atoms with Gasteiger partial charge in [-0.15, -0.1) is 0 Å². The van der Waals surface area contributed by atoms with Crippen molar-refractivity contribution < 1.29 is 44.2 Å². The Bertz CT molecular complexity index is 983. The highest BCUT2D eigenvalue weighted by Gasteiger charge is 2.44. The minimum atomic E-state index is -1.54. The topological polar surface area (TPSA) is 135 Å². The fourth-order valence-electron chi connectivity index (χ4n) is 7.23. The number of unbranched alkanes of at least 4 members (excludes halogenated alkanes) is 24. The molecule has 6 atom stereocenters. The van der Waals surface area contributed by atoms with Crippen LogP contribution in [0.25, 0.3) is 0 Å². The van der Waals surface area contributed by atoms with Crippen LogP contribution in [0.5, 0.6) is 0 Å². The third kappa shape index (κ3) is 31.3. The lowest BCUT2D eigenvalue weighted by Crippen LogP contribution is -2.59. The van der Waals surface area contributed by atoms with Crippen molar-refractivity contribution in [2.75, 3.05) is 26.4 Å². The predicted molar refractivity (Wildman–Crippen MR) is 238 cm³/mol. The number of aliphatic hydroxyl groups is 4. The summed E-state index contributed by atoms with van der Waals surface area (Å²) in [5.41, 5.74) is 0. The van der Waals surface area contributed by atoms with Gasteiger partial charge in [-0.05, 0) is 64.2 Å². The summed E-state index contributed by atoms with van der Waals surface area (Å²) < 4.78 is 22.8. The van der Waals surface area contributed by atoms with Crippen LogP contribution >= 0.6 is 0 Å². The van der Waals surface area contributed by atoms with Gasteiger partial charge in [0.05, 0.1) is 19.8 Å². The van der Waals surface area contributed by atoms with E-state index in [1.807, 2.05) is 0 Å². The van der Waals surface area contributed by atoms with Gasteiger partial charge < -0.3 is 39.4 Å². The van der Waals surface area contributed by atoms with E-state index in [4.69, 9.17) is 18.9 Å². The molecule has 1 aliphatic heterocycles. The fraction of sp³-hybridized carbons (Fsp3) is 0.857. The molecule has 1 heterocycles. The van der Waals surface area contributed by atoms with E-state index in [0.29, 0.717) is 13.0 Å². The molecule has 340 valence electrons. The number of hydrogen-bond acceptors (Lipinski definition) is 9. The van der Waals surface area contributed by atoms with Crippen LogP contribution < -0.4 is 0 Å². The Morgan fingerprint density at radius 2 is 1.03 bits per heavy atom. The van der Waals surface area contributed by atoms with E-state index in [-0.39, 0.29) is 19.2 Å². The maximum atomic E-state index is 12.8. The van der Waals surface area contributed by atoms with Crippen molar-refractivity contribution in [3.05, 3.63) is 36.5 Å². The first-order chi connectivity index (χ1) is 28.4. The van der Waals surface area contributed by atoms with E-state index < -0.39 is 43.4 Å². The summed E-state index contributed by atoms with van der Waals surface area (Å²) in [7, 11) is 0. The van der Waals surface area contributed by atoms with Crippen molar-refractivity contribution in [3.63, 3.8) is 0 Å². The highest BCUT2D eigenvalue weighted by Crippen LogP contribution is 2.23. The molecule has 1 aliphatic rings. The van der Waals surface area contributed by atoms with Crippen LogP contribution in [0.1, 0.15) is 206 Å². The van der Waals surface area contributed by atoms with Crippen molar-refractivity contribution in [1.29, 1.82) is 0 Å². The average Bonchev–Trinajstić information content (AvgIpc) is 3.22. The van der Waals surface area contributed by atoms with Gasteiger partial charge in [-0.1, -0.05) is 172 Å². The largest absolute Gasteiger partial charge is 0.457 e. The number of ether oxygens (including phenoxy) is 4. The van der Waals surface area contributed by atoms with E-state index >= 15 is 0 Å². The molecular weight excluding hydrogens is 733 g/mol. The van der Waals surface area contributed by atoms with Gasteiger partial charge in [0.25, 0.3) is 0 Å². The highest BCUT2D eigenvalue weighted by atomic mass is 16.7. The SMILES string of the molecule is CCC/C=C\C/C=C\CCCCCCCC(=O)OC(COCCCCCCCCCCCC/C=C\CCCCCCCCCC)COC1OC(CO)C(O)C(O)C1O. The van der Waals surface area contributed by atoms with E-state index in [1.54, 1.807) is 0 Å². The molecule has 9 nitrogen and oxygen atoms in total.